The lowest BCUT2D eigenvalue weighted by atomic mass is 10.1. The minimum Gasteiger partial charge on any atom is -0.324 e. The molecule has 0 aromatic carbocycles. The van der Waals surface area contributed by atoms with Crippen molar-refractivity contribution in [2.45, 2.75) is 75.7 Å². The first-order valence-electron chi connectivity index (χ1n) is 7.77. The second-order valence-electron chi connectivity index (χ2n) is 5.99. The summed E-state index contributed by atoms with van der Waals surface area (Å²) >= 11 is 1.97. The Balaban J connectivity index is 2.06. The van der Waals surface area contributed by atoms with Crippen LogP contribution in [-0.4, -0.2) is 40.6 Å². The van der Waals surface area contributed by atoms with Gasteiger partial charge in [0.2, 0.25) is 5.91 Å². The minimum absolute atomic E-state index is 0.0651. The number of thioether (sulfide) groups is 1. The lowest BCUT2D eigenvalue weighted by Gasteiger charge is -2.34. The molecular weight excluding hydrogens is 256 g/mol. The molecule has 2 atom stereocenters. The molecule has 0 aromatic heterocycles. The highest BCUT2D eigenvalue weighted by Crippen LogP contribution is 2.41. The molecule has 1 amide bonds. The lowest BCUT2D eigenvalue weighted by molar-refractivity contribution is -0.130. The molecular formula is C15H28N2OS. The summed E-state index contributed by atoms with van der Waals surface area (Å²) in [5, 5.41) is 3.52. The van der Waals surface area contributed by atoms with Gasteiger partial charge in [0.15, 0.2) is 0 Å². The van der Waals surface area contributed by atoms with Crippen LogP contribution in [0.5, 0.6) is 0 Å². The third-order valence-corrected chi connectivity index (χ3v) is 6.12. The number of hydrogen-bond acceptors (Lipinski definition) is 3. The number of carbonyl (C=O) groups excluding carboxylic acids is 1. The van der Waals surface area contributed by atoms with Gasteiger partial charge in [-0.05, 0) is 31.9 Å². The van der Waals surface area contributed by atoms with Gasteiger partial charge in [0, 0.05) is 11.3 Å². The molecule has 2 unspecified atom stereocenters. The van der Waals surface area contributed by atoms with Crippen LogP contribution < -0.4 is 5.32 Å². The molecule has 2 fully saturated rings. The highest BCUT2D eigenvalue weighted by Gasteiger charge is 2.43. The van der Waals surface area contributed by atoms with Crippen molar-refractivity contribution in [1.82, 2.24) is 10.2 Å². The van der Waals surface area contributed by atoms with Gasteiger partial charge in [-0.25, -0.2) is 0 Å². The topological polar surface area (TPSA) is 32.3 Å². The summed E-state index contributed by atoms with van der Waals surface area (Å²) in [5.41, 5.74) is 0. The van der Waals surface area contributed by atoms with Crippen LogP contribution in [-0.2, 0) is 4.79 Å². The molecule has 19 heavy (non-hydrogen) atoms. The SMILES string of the molecule is CCCC1NC(CC)N(CC2(SC)CCCC2)C1=O. The second-order valence-corrected chi connectivity index (χ2v) is 7.27. The average molecular weight is 284 g/mol. The molecule has 2 aliphatic rings. The molecule has 110 valence electrons. The molecule has 1 aliphatic carbocycles. The van der Waals surface area contributed by atoms with Crippen molar-refractivity contribution < 1.29 is 4.79 Å². The van der Waals surface area contributed by atoms with Crippen LogP contribution in [0.25, 0.3) is 0 Å². The van der Waals surface area contributed by atoms with Crippen LogP contribution >= 0.6 is 11.8 Å². The number of nitrogens with zero attached hydrogens (tertiary/aromatic N) is 1. The predicted octanol–water partition coefficient (Wildman–Crippen LogP) is 3.00. The zero-order valence-corrected chi connectivity index (χ0v) is 13.4. The van der Waals surface area contributed by atoms with Crippen LogP contribution in [0.1, 0.15) is 58.8 Å². The largest absolute Gasteiger partial charge is 0.324 e. The van der Waals surface area contributed by atoms with E-state index >= 15 is 0 Å². The van der Waals surface area contributed by atoms with E-state index in [1.54, 1.807) is 0 Å². The Morgan fingerprint density at radius 2 is 2.05 bits per heavy atom. The van der Waals surface area contributed by atoms with Gasteiger partial charge in [-0.1, -0.05) is 33.1 Å². The quantitative estimate of drug-likeness (QED) is 0.814. The molecule has 0 radical (unpaired) electrons. The van der Waals surface area contributed by atoms with Gasteiger partial charge in [-0.15, -0.1) is 0 Å². The molecule has 2 rings (SSSR count). The van der Waals surface area contributed by atoms with E-state index < -0.39 is 0 Å². The standard InChI is InChI=1S/C15H28N2OS/c1-4-8-12-14(18)17(13(5-2)16-12)11-15(19-3)9-6-7-10-15/h12-13,16H,4-11H2,1-3H3. The molecule has 3 nitrogen and oxygen atoms in total. The van der Waals surface area contributed by atoms with Crippen molar-refractivity contribution >= 4 is 17.7 Å². The minimum atomic E-state index is 0.0651. The predicted molar refractivity (Wildman–Crippen MR) is 82.3 cm³/mol. The fourth-order valence-electron chi connectivity index (χ4n) is 3.53. The average Bonchev–Trinajstić information content (AvgIpc) is 3.00. The van der Waals surface area contributed by atoms with E-state index in [9.17, 15) is 4.79 Å². The molecule has 1 saturated heterocycles. The first-order valence-corrected chi connectivity index (χ1v) is 9.00. The van der Waals surface area contributed by atoms with Crippen molar-refractivity contribution in [3.05, 3.63) is 0 Å². The first kappa shape index (κ1) is 15.2. The smallest absolute Gasteiger partial charge is 0.241 e. The number of rotatable bonds is 6. The van der Waals surface area contributed by atoms with Gasteiger partial charge >= 0.3 is 0 Å². The maximum atomic E-state index is 12.6. The zero-order chi connectivity index (χ0) is 13.9. The molecule has 0 aromatic rings. The van der Waals surface area contributed by atoms with Crippen LogP contribution in [0.15, 0.2) is 0 Å². The van der Waals surface area contributed by atoms with E-state index in [4.69, 9.17) is 0 Å². The summed E-state index contributed by atoms with van der Waals surface area (Å²) in [6, 6.07) is 0.0651. The van der Waals surface area contributed by atoms with Crippen LogP contribution in [0.4, 0.5) is 0 Å². The van der Waals surface area contributed by atoms with Gasteiger partial charge in [-0.3, -0.25) is 10.1 Å². The van der Waals surface area contributed by atoms with Gasteiger partial charge < -0.3 is 4.90 Å². The van der Waals surface area contributed by atoms with E-state index in [0.29, 0.717) is 10.7 Å². The third-order valence-electron chi connectivity index (χ3n) is 4.72. The van der Waals surface area contributed by atoms with Gasteiger partial charge in [-0.2, -0.15) is 11.8 Å². The van der Waals surface area contributed by atoms with Crippen molar-refractivity contribution in [2.24, 2.45) is 0 Å². The van der Waals surface area contributed by atoms with Crippen LogP contribution in [0.3, 0.4) is 0 Å². The van der Waals surface area contributed by atoms with E-state index in [-0.39, 0.29) is 12.2 Å². The van der Waals surface area contributed by atoms with Crippen LogP contribution in [0, 0.1) is 0 Å². The molecule has 0 bridgehead atoms. The number of amides is 1. The summed E-state index contributed by atoms with van der Waals surface area (Å²) in [5.74, 6) is 0.342. The Morgan fingerprint density at radius 3 is 2.58 bits per heavy atom. The van der Waals surface area contributed by atoms with Gasteiger partial charge in [0.1, 0.15) is 0 Å². The molecule has 1 aliphatic heterocycles. The molecule has 1 N–H and O–H groups in total. The monoisotopic (exact) mass is 284 g/mol. The molecule has 1 heterocycles. The van der Waals surface area contributed by atoms with E-state index in [0.717, 1.165) is 25.8 Å². The van der Waals surface area contributed by atoms with Crippen LogP contribution in [0.2, 0.25) is 0 Å². The number of nitrogens with one attached hydrogen (secondary N) is 1. The van der Waals surface area contributed by atoms with Gasteiger partial charge in [0.25, 0.3) is 0 Å². The van der Waals surface area contributed by atoms with Gasteiger partial charge in [0.05, 0.1) is 12.2 Å². The molecule has 1 saturated carbocycles. The second kappa shape index (κ2) is 6.49. The normalized spacial score (nSPS) is 30.3. The fraction of sp³-hybridized carbons (Fsp3) is 0.933. The Kier molecular flexibility index (Phi) is 5.18. The summed E-state index contributed by atoms with van der Waals surface area (Å²) < 4.78 is 0.325. The summed E-state index contributed by atoms with van der Waals surface area (Å²) in [6.07, 6.45) is 10.7. The summed E-state index contributed by atoms with van der Waals surface area (Å²) in [7, 11) is 0. The Morgan fingerprint density at radius 1 is 1.37 bits per heavy atom. The maximum Gasteiger partial charge on any atom is 0.241 e. The highest BCUT2D eigenvalue weighted by molar-refractivity contribution is 8.00. The number of hydrogen-bond donors (Lipinski definition) is 1. The maximum absolute atomic E-state index is 12.6. The Bertz CT molecular complexity index is 315. The van der Waals surface area contributed by atoms with Crippen molar-refractivity contribution in [2.75, 3.05) is 12.8 Å². The van der Waals surface area contributed by atoms with E-state index in [2.05, 4.69) is 30.3 Å². The zero-order valence-electron chi connectivity index (χ0n) is 12.6. The van der Waals surface area contributed by atoms with Crippen molar-refractivity contribution in [3.63, 3.8) is 0 Å². The Labute approximate surface area is 121 Å². The first-order chi connectivity index (χ1) is 9.15. The Hall–Kier alpha value is -0.220. The van der Waals surface area contributed by atoms with E-state index in [1.807, 2.05) is 11.8 Å². The summed E-state index contributed by atoms with van der Waals surface area (Å²) in [4.78, 5) is 14.7. The third kappa shape index (κ3) is 3.10. The lowest BCUT2D eigenvalue weighted by Crippen LogP contribution is -2.45. The molecule has 4 heteroatoms. The van der Waals surface area contributed by atoms with Crippen molar-refractivity contribution in [3.8, 4) is 0 Å². The number of carbonyl (C=O) groups is 1. The van der Waals surface area contributed by atoms with Crippen molar-refractivity contribution in [1.29, 1.82) is 0 Å². The fourth-order valence-corrected chi connectivity index (χ4v) is 4.49. The van der Waals surface area contributed by atoms with E-state index in [1.165, 1.54) is 25.7 Å². The highest BCUT2D eigenvalue weighted by atomic mass is 32.2. The molecule has 0 spiro atoms. The summed E-state index contributed by atoms with van der Waals surface area (Å²) in [6.45, 7) is 5.27.